The lowest BCUT2D eigenvalue weighted by Gasteiger charge is -2.19. The zero-order valence-electron chi connectivity index (χ0n) is 14.8. The van der Waals surface area contributed by atoms with Crippen LogP contribution in [-0.2, 0) is 5.41 Å². The lowest BCUT2D eigenvalue weighted by molar-refractivity contribution is 0.509. The van der Waals surface area contributed by atoms with Gasteiger partial charge in [0.2, 0.25) is 5.95 Å². The van der Waals surface area contributed by atoms with Gasteiger partial charge in [-0.2, -0.15) is 4.98 Å². The zero-order chi connectivity index (χ0) is 18.7. The highest BCUT2D eigenvalue weighted by Gasteiger charge is 2.13. The van der Waals surface area contributed by atoms with Gasteiger partial charge in [0.1, 0.15) is 5.82 Å². The minimum Gasteiger partial charge on any atom is -0.340 e. The first kappa shape index (κ1) is 17.8. The van der Waals surface area contributed by atoms with Crippen molar-refractivity contribution in [1.29, 1.82) is 0 Å². The van der Waals surface area contributed by atoms with E-state index >= 15 is 0 Å². The molecule has 0 radical (unpaired) electrons. The van der Waals surface area contributed by atoms with E-state index in [0.29, 0.717) is 11.5 Å². The van der Waals surface area contributed by atoms with Crippen LogP contribution in [0, 0.1) is 11.6 Å². The summed E-state index contributed by atoms with van der Waals surface area (Å²) >= 11 is 0. The quantitative estimate of drug-likeness (QED) is 0.646. The van der Waals surface area contributed by atoms with Crippen molar-refractivity contribution in [3.63, 3.8) is 0 Å². The van der Waals surface area contributed by atoms with Gasteiger partial charge in [0.15, 0.2) is 11.6 Å². The van der Waals surface area contributed by atoms with Crippen molar-refractivity contribution in [2.24, 2.45) is 0 Å². The van der Waals surface area contributed by atoms with Crippen LogP contribution in [0.3, 0.4) is 0 Å². The lowest BCUT2D eigenvalue weighted by Crippen LogP contribution is -2.10. The Morgan fingerprint density at radius 2 is 1.50 bits per heavy atom. The topological polar surface area (TPSA) is 49.8 Å². The van der Waals surface area contributed by atoms with E-state index in [1.807, 2.05) is 12.1 Å². The molecule has 0 unspecified atom stereocenters. The Kier molecular flexibility index (Phi) is 4.84. The number of hydrogen-bond donors (Lipinski definition) is 2. The molecule has 0 aliphatic rings. The van der Waals surface area contributed by atoms with E-state index in [4.69, 9.17) is 0 Å². The van der Waals surface area contributed by atoms with E-state index in [-0.39, 0.29) is 11.4 Å². The predicted octanol–water partition coefficient (Wildman–Crippen LogP) is 5.54. The maximum Gasteiger partial charge on any atom is 0.229 e. The summed E-state index contributed by atoms with van der Waals surface area (Å²) in [6.45, 7) is 6.49. The van der Waals surface area contributed by atoms with E-state index in [0.717, 1.165) is 17.8 Å². The number of anilines is 4. The first-order valence-corrected chi connectivity index (χ1v) is 8.24. The molecule has 0 aliphatic heterocycles. The number of nitrogens with one attached hydrogen (secondary N) is 2. The molecular weight excluding hydrogens is 334 g/mol. The summed E-state index contributed by atoms with van der Waals surface area (Å²) < 4.78 is 26.3. The summed E-state index contributed by atoms with van der Waals surface area (Å²) in [5.41, 5.74) is 2.60. The number of nitrogens with zero attached hydrogens (tertiary/aromatic N) is 2. The fourth-order valence-corrected chi connectivity index (χ4v) is 2.39. The Bertz CT molecular complexity index is 902. The molecular formula is C20H20F2N4. The third-order valence-electron chi connectivity index (χ3n) is 3.85. The van der Waals surface area contributed by atoms with Gasteiger partial charge in [0.05, 0.1) is 0 Å². The highest BCUT2D eigenvalue weighted by Crippen LogP contribution is 2.25. The molecule has 0 atom stereocenters. The van der Waals surface area contributed by atoms with E-state index in [1.54, 1.807) is 12.3 Å². The Morgan fingerprint density at radius 3 is 2.15 bits per heavy atom. The van der Waals surface area contributed by atoms with Crippen LogP contribution in [0.5, 0.6) is 0 Å². The maximum absolute atomic E-state index is 13.3. The molecule has 134 valence electrons. The van der Waals surface area contributed by atoms with Crippen LogP contribution in [0.15, 0.2) is 54.7 Å². The van der Waals surface area contributed by atoms with Crippen LogP contribution < -0.4 is 10.6 Å². The third-order valence-corrected chi connectivity index (χ3v) is 3.85. The molecule has 3 aromatic rings. The molecule has 26 heavy (non-hydrogen) atoms. The maximum atomic E-state index is 13.3. The standard InChI is InChI=1S/C20H20F2N4/c1-20(2,3)13-4-6-14(7-5-13)24-18-10-11-23-19(26-18)25-15-8-9-16(21)17(22)12-15/h4-12H,1-3H3,(H2,23,24,25,26). The van der Waals surface area contributed by atoms with E-state index < -0.39 is 11.6 Å². The zero-order valence-corrected chi connectivity index (χ0v) is 14.8. The second-order valence-corrected chi connectivity index (χ2v) is 6.97. The number of aromatic nitrogens is 2. The fraction of sp³-hybridized carbons (Fsp3) is 0.200. The smallest absolute Gasteiger partial charge is 0.229 e. The van der Waals surface area contributed by atoms with Gasteiger partial charge in [-0.25, -0.2) is 13.8 Å². The van der Waals surface area contributed by atoms with Gasteiger partial charge in [0.25, 0.3) is 0 Å². The third kappa shape index (κ3) is 4.33. The summed E-state index contributed by atoms with van der Waals surface area (Å²) in [6.07, 6.45) is 1.58. The van der Waals surface area contributed by atoms with Crippen LogP contribution in [0.2, 0.25) is 0 Å². The first-order valence-electron chi connectivity index (χ1n) is 8.24. The van der Waals surface area contributed by atoms with Crippen molar-refractivity contribution in [2.75, 3.05) is 10.6 Å². The molecule has 1 aromatic heterocycles. The van der Waals surface area contributed by atoms with E-state index in [9.17, 15) is 8.78 Å². The molecule has 0 fully saturated rings. The Balaban J connectivity index is 1.73. The van der Waals surface area contributed by atoms with Crippen LogP contribution in [-0.4, -0.2) is 9.97 Å². The molecule has 0 bridgehead atoms. The van der Waals surface area contributed by atoms with Gasteiger partial charge in [-0.15, -0.1) is 0 Å². The normalized spacial score (nSPS) is 11.3. The van der Waals surface area contributed by atoms with Gasteiger partial charge < -0.3 is 10.6 Å². The number of hydrogen-bond acceptors (Lipinski definition) is 4. The molecule has 1 heterocycles. The predicted molar refractivity (Wildman–Crippen MR) is 100 cm³/mol. The largest absolute Gasteiger partial charge is 0.340 e. The summed E-state index contributed by atoms with van der Waals surface area (Å²) in [4.78, 5) is 8.43. The van der Waals surface area contributed by atoms with Crippen molar-refractivity contribution in [1.82, 2.24) is 9.97 Å². The molecule has 0 amide bonds. The van der Waals surface area contributed by atoms with Crippen molar-refractivity contribution < 1.29 is 8.78 Å². The Hall–Kier alpha value is -3.02. The Labute approximate surface area is 151 Å². The number of benzene rings is 2. The first-order chi connectivity index (χ1) is 12.3. The molecule has 0 saturated carbocycles. The fourth-order valence-electron chi connectivity index (χ4n) is 2.39. The molecule has 0 spiro atoms. The van der Waals surface area contributed by atoms with Gasteiger partial charge in [0, 0.05) is 23.6 Å². The number of halogens is 2. The molecule has 0 aliphatic carbocycles. The van der Waals surface area contributed by atoms with Gasteiger partial charge in [-0.05, 0) is 41.3 Å². The van der Waals surface area contributed by atoms with Crippen LogP contribution in [0.4, 0.5) is 31.9 Å². The average molecular weight is 354 g/mol. The van der Waals surface area contributed by atoms with Crippen molar-refractivity contribution in [3.05, 3.63) is 71.9 Å². The molecule has 2 N–H and O–H groups in total. The monoisotopic (exact) mass is 354 g/mol. The van der Waals surface area contributed by atoms with Crippen molar-refractivity contribution in [2.45, 2.75) is 26.2 Å². The van der Waals surface area contributed by atoms with Gasteiger partial charge >= 0.3 is 0 Å². The molecule has 0 saturated heterocycles. The molecule has 2 aromatic carbocycles. The lowest BCUT2D eigenvalue weighted by atomic mass is 9.87. The second-order valence-electron chi connectivity index (χ2n) is 6.97. The molecule has 3 rings (SSSR count). The van der Waals surface area contributed by atoms with Crippen LogP contribution in [0.1, 0.15) is 26.3 Å². The summed E-state index contributed by atoms with van der Waals surface area (Å²) in [5.74, 6) is -0.949. The second kappa shape index (κ2) is 7.07. The SMILES string of the molecule is CC(C)(C)c1ccc(Nc2ccnc(Nc3ccc(F)c(F)c3)n2)cc1. The highest BCUT2D eigenvalue weighted by molar-refractivity contribution is 5.59. The molecule has 4 nitrogen and oxygen atoms in total. The van der Waals surface area contributed by atoms with Crippen LogP contribution in [0.25, 0.3) is 0 Å². The minimum absolute atomic E-state index is 0.0922. The van der Waals surface area contributed by atoms with Gasteiger partial charge in [-0.1, -0.05) is 32.9 Å². The van der Waals surface area contributed by atoms with E-state index in [1.165, 1.54) is 11.6 Å². The van der Waals surface area contributed by atoms with E-state index in [2.05, 4.69) is 53.5 Å². The van der Waals surface area contributed by atoms with Gasteiger partial charge in [-0.3, -0.25) is 0 Å². The van der Waals surface area contributed by atoms with Crippen LogP contribution >= 0.6 is 0 Å². The number of rotatable bonds is 4. The summed E-state index contributed by atoms with van der Waals surface area (Å²) in [5, 5.41) is 6.06. The average Bonchev–Trinajstić information content (AvgIpc) is 2.58. The van der Waals surface area contributed by atoms with Crippen molar-refractivity contribution >= 4 is 23.1 Å². The Morgan fingerprint density at radius 1 is 0.808 bits per heavy atom. The van der Waals surface area contributed by atoms with Crippen molar-refractivity contribution in [3.8, 4) is 0 Å². The minimum atomic E-state index is -0.928. The summed E-state index contributed by atoms with van der Waals surface area (Å²) in [7, 11) is 0. The highest BCUT2D eigenvalue weighted by atomic mass is 19.2. The summed E-state index contributed by atoms with van der Waals surface area (Å²) in [6, 6.07) is 13.4. The molecule has 6 heteroatoms.